The van der Waals surface area contributed by atoms with Crippen LogP contribution in [-0.4, -0.2) is 90.1 Å². The highest BCUT2D eigenvalue weighted by Gasteiger charge is 2.69. The van der Waals surface area contributed by atoms with Crippen LogP contribution in [0.4, 0.5) is 8.78 Å². The number of alkyl halides is 2. The van der Waals surface area contributed by atoms with Gasteiger partial charge < -0.3 is 29.4 Å². The van der Waals surface area contributed by atoms with Crippen LogP contribution < -0.4 is 5.32 Å². The number of phosphoric ester groups is 1. The van der Waals surface area contributed by atoms with Crippen LogP contribution in [0.15, 0.2) is 9.98 Å². The second-order valence-corrected chi connectivity index (χ2v) is 11.2. The molecule has 1 saturated heterocycles. The number of aliphatic hydroxyl groups excluding tert-OH is 1. The SMILES string of the molecule is C#C[C@]1(F)[C@H](N2C=NC3C(=O)NC(=N)N=C32)O[C@](F)(COP(=O)(O)OP(=O)(O)OP(=O)(O)O)[C@H]1O. The highest BCUT2D eigenvalue weighted by Crippen LogP contribution is 2.66. The number of aliphatic hydroxyl groups is 1. The van der Waals surface area contributed by atoms with Gasteiger partial charge in [0, 0.05) is 0 Å². The topological polar surface area (TPSA) is 270 Å². The molecule has 23 heteroatoms. The van der Waals surface area contributed by atoms with E-state index in [9.17, 15) is 28.5 Å². The van der Waals surface area contributed by atoms with Crippen LogP contribution in [0.1, 0.15) is 0 Å². The molecule has 7 N–H and O–H groups in total. The van der Waals surface area contributed by atoms with Crippen LogP contribution >= 0.6 is 23.5 Å². The third kappa shape index (κ3) is 5.57. The fourth-order valence-corrected chi connectivity index (χ4v) is 6.03. The standard InChI is InChI=1S/C12H14F2N5O13P3/c1-2-11(13)8(21)12(14,3-29-34(25,26)32-35(27,28)31-33(22,23)24)30-9(11)19-4-16-5-6(19)17-10(15)18-7(5)20/h1,4-5,8-9,21H,3H2,(H,25,26)(H,27,28)(H2,15,18,20)(H2,22,23,24)/t5?,8-,9+,11+,12+/m0/s1. The molecule has 0 aromatic carbocycles. The molecule has 0 spiro atoms. The lowest BCUT2D eigenvalue weighted by Gasteiger charge is -2.31. The van der Waals surface area contributed by atoms with Crippen molar-refractivity contribution in [1.29, 1.82) is 5.41 Å². The van der Waals surface area contributed by atoms with Crippen LogP contribution in [0.25, 0.3) is 0 Å². The van der Waals surface area contributed by atoms with Crippen LogP contribution in [0.2, 0.25) is 0 Å². The molecule has 0 bridgehead atoms. The number of rotatable bonds is 8. The van der Waals surface area contributed by atoms with Gasteiger partial charge >= 0.3 is 23.5 Å². The zero-order valence-corrected chi connectivity index (χ0v) is 19.2. The molecule has 0 aromatic rings. The van der Waals surface area contributed by atoms with E-state index in [1.54, 1.807) is 0 Å². The largest absolute Gasteiger partial charge is 0.490 e. The maximum absolute atomic E-state index is 15.5. The van der Waals surface area contributed by atoms with E-state index in [2.05, 4.69) is 23.1 Å². The first-order chi connectivity index (χ1) is 15.8. The molecular weight excluding hydrogens is 553 g/mol. The van der Waals surface area contributed by atoms with Crippen LogP contribution in [0, 0.1) is 17.8 Å². The molecular formula is C12H14F2N5O13P3. The van der Waals surface area contributed by atoms with E-state index in [1.807, 2.05) is 5.32 Å². The Morgan fingerprint density at radius 1 is 1.26 bits per heavy atom. The quantitative estimate of drug-likeness (QED) is 0.126. The average Bonchev–Trinajstić information content (AvgIpc) is 3.18. The average molecular weight is 567 g/mol. The van der Waals surface area contributed by atoms with Crippen molar-refractivity contribution in [3.05, 3.63) is 0 Å². The Balaban J connectivity index is 1.82. The Bertz CT molecular complexity index is 1200. The van der Waals surface area contributed by atoms with Gasteiger partial charge in [-0.25, -0.2) is 22.5 Å². The Labute approximate surface area is 192 Å². The second kappa shape index (κ2) is 8.85. The number of phosphoric acid groups is 3. The van der Waals surface area contributed by atoms with E-state index in [1.165, 1.54) is 5.92 Å². The van der Waals surface area contributed by atoms with Gasteiger partial charge in [0.25, 0.3) is 11.8 Å². The highest BCUT2D eigenvalue weighted by molar-refractivity contribution is 7.66. The monoisotopic (exact) mass is 567 g/mol. The van der Waals surface area contributed by atoms with Crippen molar-refractivity contribution in [3.8, 4) is 12.3 Å². The van der Waals surface area contributed by atoms with E-state index in [0.29, 0.717) is 4.90 Å². The lowest BCUT2D eigenvalue weighted by Crippen LogP contribution is -2.56. The van der Waals surface area contributed by atoms with Gasteiger partial charge in [0.05, 0.1) is 6.34 Å². The van der Waals surface area contributed by atoms with Crippen molar-refractivity contribution >= 4 is 47.5 Å². The minimum atomic E-state index is -5.96. The van der Waals surface area contributed by atoms with E-state index in [-0.39, 0.29) is 0 Å². The molecule has 3 unspecified atom stereocenters. The maximum atomic E-state index is 15.5. The number of halogens is 2. The van der Waals surface area contributed by atoms with Gasteiger partial charge in [0.15, 0.2) is 24.2 Å². The van der Waals surface area contributed by atoms with Crippen molar-refractivity contribution in [2.24, 2.45) is 9.98 Å². The minimum Gasteiger partial charge on any atom is -0.383 e. The summed E-state index contributed by atoms with van der Waals surface area (Å²) in [4.78, 5) is 55.4. The summed E-state index contributed by atoms with van der Waals surface area (Å²) < 4.78 is 80.4. The number of amides is 1. The van der Waals surface area contributed by atoms with E-state index in [4.69, 9.17) is 31.2 Å². The number of aliphatic imine (C=N–C) groups is 2. The van der Waals surface area contributed by atoms with Crippen LogP contribution in [-0.2, 0) is 36.4 Å². The van der Waals surface area contributed by atoms with Crippen molar-refractivity contribution in [2.75, 3.05) is 6.61 Å². The number of carbonyl (C=O) groups excluding carboxylic acids is 1. The number of ether oxygens (including phenoxy) is 1. The lowest BCUT2D eigenvalue weighted by molar-refractivity contribution is -0.202. The number of hydrogen-bond acceptors (Lipinski definition) is 12. The summed E-state index contributed by atoms with van der Waals surface area (Å²) in [5.41, 5.74) is -3.46. The fourth-order valence-electron chi connectivity index (χ4n) is 3.00. The molecule has 0 aromatic heterocycles. The predicted molar refractivity (Wildman–Crippen MR) is 105 cm³/mol. The van der Waals surface area contributed by atoms with E-state index < -0.39 is 77.7 Å². The van der Waals surface area contributed by atoms with Crippen LogP contribution in [0.3, 0.4) is 0 Å². The fraction of sp³-hybridized carbons (Fsp3) is 0.500. The summed E-state index contributed by atoms with van der Waals surface area (Å²) in [5.74, 6) is -4.32. The van der Waals surface area contributed by atoms with Crippen LogP contribution in [0.5, 0.6) is 0 Å². The summed E-state index contributed by atoms with van der Waals surface area (Å²) in [6.07, 6.45) is 0.538. The molecule has 0 saturated carbocycles. The molecule has 3 aliphatic heterocycles. The molecule has 1 fully saturated rings. The van der Waals surface area contributed by atoms with Gasteiger partial charge in [-0.2, -0.15) is 13.6 Å². The normalized spacial score (nSPS) is 36.1. The first-order valence-electron chi connectivity index (χ1n) is 8.62. The van der Waals surface area contributed by atoms with Gasteiger partial charge in [-0.3, -0.25) is 29.9 Å². The molecule has 3 heterocycles. The molecule has 0 radical (unpaired) electrons. The molecule has 18 nitrogen and oxygen atoms in total. The predicted octanol–water partition coefficient (Wildman–Crippen LogP) is -1.77. The summed E-state index contributed by atoms with van der Waals surface area (Å²) in [5, 5.41) is 19.7. The van der Waals surface area contributed by atoms with E-state index >= 15 is 8.78 Å². The number of carbonyl (C=O) groups is 1. The number of hydrogen-bond donors (Lipinski definition) is 7. The molecule has 1 amide bonds. The summed E-state index contributed by atoms with van der Waals surface area (Å²) in [6, 6.07) is -1.41. The molecule has 0 aliphatic carbocycles. The molecule has 3 aliphatic rings. The Morgan fingerprint density at radius 3 is 2.46 bits per heavy atom. The molecule has 7 atom stereocenters. The highest BCUT2D eigenvalue weighted by atomic mass is 31.3. The third-order valence-corrected chi connectivity index (χ3v) is 8.14. The van der Waals surface area contributed by atoms with Gasteiger partial charge in [-0.1, -0.05) is 5.92 Å². The molecule has 3 rings (SSSR count). The number of nitrogens with zero attached hydrogens (tertiary/aromatic N) is 3. The zero-order valence-electron chi connectivity index (χ0n) is 16.5. The van der Waals surface area contributed by atoms with Crippen molar-refractivity contribution in [2.45, 2.75) is 29.9 Å². The lowest BCUT2D eigenvalue weighted by atomic mass is 9.95. The Kier molecular flexibility index (Phi) is 6.98. The number of terminal acetylenes is 1. The summed E-state index contributed by atoms with van der Waals surface area (Å²) >= 11 is 0. The first kappa shape index (κ1) is 27.6. The number of guanidine groups is 1. The van der Waals surface area contributed by atoms with Crippen molar-refractivity contribution in [3.63, 3.8) is 0 Å². The van der Waals surface area contributed by atoms with Gasteiger partial charge in [0.1, 0.15) is 6.61 Å². The third-order valence-electron chi connectivity index (χ3n) is 4.35. The zero-order chi connectivity index (χ0) is 26.6. The van der Waals surface area contributed by atoms with Gasteiger partial charge in [0.2, 0.25) is 11.6 Å². The number of amidine groups is 1. The smallest absolute Gasteiger partial charge is 0.383 e. The molecule has 194 valence electrons. The van der Waals surface area contributed by atoms with Crippen molar-refractivity contribution in [1.82, 2.24) is 10.2 Å². The Hall–Kier alpha value is -1.97. The van der Waals surface area contributed by atoms with Crippen molar-refractivity contribution < 1.29 is 69.8 Å². The summed E-state index contributed by atoms with van der Waals surface area (Å²) in [6.45, 7) is -1.90. The number of fused-ring (bicyclic) bond motifs is 1. The maximum Gasteiger partial charge on any atom is 0.490 e. The minimum absolute atomic E-state index is 0.439. The number of nitrogens with one attached hydrogen (secondary N) is 2. The first-order valence-corrected chi connectivity index (χ1v) is 13.1. The van der Waals surface area contributed by atoms with E-state index in [0.717, 1.165) is 6.34 Å². The van der Waals surface area contributed by atoms with Gasteiger partial charge in [-0.15, -0.1) is 6.42 Å². The molecule has 35 heavy (non-hydrogen) atoms. The summed E-state index contributed by atoms with van der Waals surface area (Å²) in [7, 11) is -17.6. The van der Waals surface area contributed by atoms with Gasteiger partial charge in [-0.05, 0) is 0 Å². The second-order valence-electron chi connectivity index (χ2n) is 6.82. The Morgan fingerprint density at radius 2 is 1.89 bits per heavy atom.